The summed E-state index contributed by atoms with van der Waals surface area (Å²) in [4.78, 5) is 13.8. The highest BCUT2D eigenvalue weighted by Crippen LogP contribution is 2.14. The van der Waals surface area contributed by atoms with Crippen LogP contribution in [0.4, 0.5) is 0 Å². The average Bonchev–Trinajstić information content (AvgIpc) is 2.78. The van der Waals surface area contributed by atoms with Gasteiger partial charge in [0.1, 0.15) is 12.0 Å². The fourth-order valence-corrected chi connectivity index (χ4v) is 1.98. The van der Waals surface area contributed by atoms with Gasteiger partial charge in [-0.05, 0) is 30.7 Å². The molecule has 1 heterocycles. The zero-order chi connectivity index (χ0) is 13.1. The van der Waals surface area contributed by atoms with Gasteiger partial charge in [0.15, 0.2) is 0 Å². The fraction of sp³-hybridized carbons (Fsp3) is 0.214. The van der Waals surface area contributed by atoms with E-state index >= 15 is 0 Å². The Kier molecular flexibility index (Phi) is 3.87. The van der Waals surface area contributed by atoms with Crippen LogP contribution in [0.15, 0.2) is 45.5 Å². The first kappa shape index (κ1) is 12.9. The molecule has 0 aliphatic carbocycles. The topological polar surface area (TPSA) is 33.5 Å². The van der Waals surface area contributed by atoms with Crippen molar-refractivity contribution in [1.29, 1.82) is 0 Å². The molecule has 1 amide bonds. The van der Waals surface area contributed by atoms with Crippen LogP contribution >= 0.6 is 15.9 Å². The number of furan rings is 1. The molecule has 0 spiro atoms. The Labute approximate surface area is 115 Å². The molecule has 18 heavy (non-hydrogen) atoms. The van der Waals surface area contributed by atoms with Gasteiger partial charge in [0.05, 0.1) is 5.56 Å². The third-order valence-electron chi connectivity index (χ3n) is 2.66. The SMILES string of the molecule is Cc1cc(C(=O)N(C)Cc2ccc(Br)cc2)co1. The summed E-state index contributed by atoms with van der Waals surface area (Å²) in [6, 6.07) is 9.68. The monoisotopic (exact) mass is 307 g/mol. The van der Waals surface area contributed by atoms with Crippen LogP contribution in [0.5, 0.6) is 0 Å². The molecule has 3 nitrogen and oxygen atoms in total. The van der Waals surface area contributed by atoms with E-state index in [2.05, 4.69) is 15.9 Å². The molecule has 0 fully saturated rings. The minimum absolute atomic E-state index is 0.0326. The van der Waals surface area contributed by atoms with E-state index in [-0.39, 0.29) is 5.91 Å². The number of amides is 1. The predicted octanol–water partition coefficient (Wildman–Crippen LogP) is 3.62. The zero-order valence-corrected chi connectivity index (χ0v) is 11.9. The van der Waals surface area contributed by atoms with Crippen molar-refractivity contribution in [3.05, 3.63) is 58.0 Å². The lowest BCUT2D eigenvalue weighted by atomic mass is 10.2. The number of hydrogen-bond acceptors (Lipinski definition) is 2. The second-order valence-electron chi connectivity index (χ2n) is 4.23. The first-order valence-corrected chi connectivity index (χ1v) is 6.40. The van der Waals surface area contributed by atoms with Gasteiger partial charge in [-0.3, -0.25) is 4.79 Å². The number of halogens is 1. The van der Waals surface area contributed by atoms with Crippen LogP contribution in [-0.4, -0.2) is 17.9 Å². The van der Waals surface area contributed by atoms with E-state index in [0.29, 0.717) is 12.1 Å². The van der Waals surface area contributed by atoms with Gasteiger partial charge in [-0.15, -0.1) is 0 Å². The van der Waals surface area contributed by atoms with Gasteiger partial charge in [-0.2, -0.15) is 0 Å². The second kappa shape index (κ2) is 5.40. The Balaban J connectivity index is 2.05. The highest BCUT2D eigenvalue weighted by molar-refractivity contribution is 9.10. The zero-order valence-electron chi connectivity index (χ0n) is 10.3. The molecule has 0 saturated carbocycles. The van der Waals surface area contributed by atoms with Gasteiger partial charge in [-0.25, -0.2) is 0 Å². The van der Waals surface area contributed by atoms with Gasteiger partial charge in [0, 0.05) is 18.1 Å². The normalized spacial score (nSPS) is 10.4. The molecule has 0 radical (unpaired) electrons. The van der Waals surface area contributed by atoms with E-state index < -0.39 is 0 Å². The number of carbonyl (C=O) groups excluding carboxylic acids is 1. The lowest BCUT2D eigenvalue weighted by Crippen LogP contribution is -2.25. The molecular weight excluding hydrogens is 294 g/mol. The van der Waals surface area contributed by atoms with Crippen molar-refractivity contribution >= 4 is 21.8 Å². The molecule has 4 heteroatoms. The van der Waals surface area contributed by atoms with Crippen LogP contribution in [0.1, 0.15) is 21.7 Å². The van der Waals surface area contributed by atoms with Crippen molar-refractivity contribution in [2.24, 2.45) is 0 Å². The summed E-state index contributed by atoms with van der Waals surface area (Å²) >= 11 is 3.39. The molecule has 0 atom stereocenters. The van der Waals surface area contributed by atoms with Crippen LogP contribution < -0.4 is 0 Å². The molecule has 0 unspecified atom stereocenters. The quantitative estimate of drug-likeness (QED) is 0.867. The van der Waals surface area contributed by atoms with Crippen molar-refractivity contribution in [3.63, 3.8) is 0 Å². The molecule has 1 aromatic carbocycles. The molecule has 0 aliphatic heterocycles. The van der Waals surface area contributed by atoms with E-state index in [9.17, 15) is 4.79 Å². The Morgan fingerprint density at radius 2 is 2.00 bits per heavy atom. The van der Waals surface area contributed by atoms with Crippen LogP contribution in [-0.2, 0) is 6.54 Å². The van der Waals surface area contributed by atoms with Crippen LogP contribution in [0.3, 0.4) is 0 Å². The summed E-state index contributed by atoms with van der Waals surface area (Å²) in [5, 5.41) is 0. The summed E-state index contributed by atoms with van der Waals surface area (Å²) in [6.07, 6.45) is 1.50. The van der Waals surface area contributed by atoms with E-state index in [0.717, 1.165) is 15.8 Å². The maximum atomic E-state index is 12.1. The first-order valence-electron chi connectivity index (χ1n) is 5.61. The summed E-state index contributed by atoms with van der Waals surface area (Å²) in [7, 11) is 1.78. The van der Waals surface area contributed by atoms with Crippen LogP contribution in [0, 0.1) is 6.92 Å². The van der Waals surface area contributed by atoms with Crippen molar-refractivity contribution in [2.75, 3.05) is 7.05 Å². The Bertz CT molecular complexity index is 545. The molecule has 1 aromatic heterocycles. The second-order valence-corrected chi connectivity index (χ2v) is 5.15. The molecule has 2 aromatic rings. The van der Waals surface area contributed by atoms with E-state index in [1.165, 1.54) is 6.26 Å². The van der Waals surface area contributed by atoms with Gasteiger partial charge < -0.3 is 9.32 Å². The van der Waals surface area contributed by atoms with Crippen LogP contribution in [0.25, 0.3) is 0 Å². The lowest BCUT2D eigenvalue weighted by Gasteiger charge is -2.16. The smallest absolute Gasteiger partial charge is 0.257 e. The molecule has 0 aliphatic rings. The van der Waals surface area contributed by atoms with E-state index in [4.69, 9.17) is 4.42 Å². The number of carbonyl (C=O) groups is 1. The molecule has 0 saturated heterocycles. The maximum Gasteiger partial charge on any atom is 0.257 e. The first-order chi connectivity index (χ1) is 8.56. The summed E-state index contributed by atoms with van der Waals surface area (Å²) in [5.74, 6) is 0.713. The van der Waals surface area contributed by atoms with Gasteiger partial charge >= 0.3 is 0 Å². The Morgan fingerprint density at radius 3 is 2.56 bits per heavy atom. The number of hydrogen-bond donors (Lipinski definition) is 0. The summed E-state index contributed by atoms with van der Waals surface area (Å²) in [5.41, 5.74) is 1.68. The molecule has 94 valence electrons. The van der Waals surface area contributed by atoms with Crippen molar-refractivity contribution < 1.29 is 9.21 Å². The summed E-state index contributed by atoms with van der Waals surface area (Å²) < 4.78 is 6.18. The van der Waals surface area contributed by atoms with Crippen LogP contribution in [0.2, 0.25) is 0 Å². The predicted molar refractivity (Wildman–Crippen MR) is 73.4 cm³/mol. The minimum atomic E-state index is -0.0326. The van der Waals surface area contributed by atoms with Gasteiger partial charge in [0.25, 0.3) is 5.91 Å². The summed E-state index contributed by atoms with van der Waals surface area (Å²) in [6.45, 7) is 2.40. The fourth-order valence-electron chi connectivity index (χ4n) is 1.71. The Hall–Kier alpha value is -1.55. The van der Waals surface area contributed by atoms with Crippen molar-refractivity contribution in [2.45, 2.75) is 13.5 Å². The number of nitrogens with zero attached hydrogens (tertiary/aromatic N) is 1. The highest BCUT2D eigenvalue weighted by Gasteiger charge is 2.14. The number of benzene rings is 1. The molecule has 0 N–H and O–H groups in total. The standard InChI is InChI=1S/C14H14BrNO2/c1-10-7-12(9-18-10)14(17)16(2)8-11-3-5-13(15)6-4-11/h3-7,9H,8H2,1-2H3. The van der Waals surface area contributed by atoms with Crippen molar-refractivity contribution in [3.8, 4) is 0 Å². The Morgan fingerprint density at radius 1 is 1.33 bits per heavy atom. The van der Waals surface area contributed by atoms with Gasteiger partial charge in [-0.1, -0.05) is 28.1 Å². The number of rotatable bonds is 3. The average molecular weight is 308 g/mol. The van der Waals surface area contributed by atoms with Gasteiger partial charge in [0.2, 0.25) is 0 Å². The third-order valence-corrected chi connectivity index (χ3v) is 3.19. The highest BCUT2D eigenvalue weighted by atomic mass is 79.9. The lowest BCUT2D eigenvalue weighted by molar-refractivity contribution is 0.0784. The van der Waals surface area contributed by atoms with E-state index in [1.54, 1.807) is 18.0 Å². The maximum absolute atomic E-state index is 12.1. The number of aryl methyl sites for hydroxylation is 1. The largest absolute Gasteiger partial charge is 0.469 e. The third kappa shape index (κ3) is 3.01. The molecule has 0 bridgehead atoms. The molecule has 2 rings (SSSR count). The van der Waals surface area contributed by atoms with E-state index in [1.807, 2.05) is 31.2 Å². The van der Waals surface area contributed by atoms with Crippen molar-refractivity contribution in [1.82, 2.24) is 4.90 Å². The molecular formula is C14H14BrNO2. The minimum Gasteiger partial charge on any atom is -0.469 e.